The molecule has 120 valence electrons. The number of carbonyl (C=O) groups excluding carboxylic acids is 2. The van der Waals surface area contributed by atoms with Gasteiger partial charge >= 0.3 is 0 Å². The normalized spacial score (nSPS) is 11.5. The lowest BCUT2D eigenvalue weighted by Crippen LogP contribution is -2.29. The smallest absolute Gasteiger partial charge is 0.220 e. The molecule has 0 spiro atoms. The number of benzene rings is 1. The fraction of sp³-hybridized carbons (Fsp3) is 0.278. The summed E-state index contributed by atoms with van der Waals surface area (Å²) in [6.45, 7) is 2.30. The van der Waals surface area contributed by atoms with Crippen LogP contribution in [0.25, 0.3) is 0 Å². The van der Waals surface area contributed by atoms with Crippen molar-refractivity contribution in [1.82, 2.24) is 15.6 Å². The fourth-order valence-corrected chi connectivity index (χ4v) is 2.15. The van der Waals surface area contributed by atoms with E-state index in [4.69, 9.17) is 0 Å². The first-order valence-corrected chi connectivity index (χ1v) is 7.66. The highest BCUT2D eigenvalue weighted by Crippen LogP contribution is 2.11. The first-order valence-electron chi connectivity index (χ1n) is 7.66. The molecule has 0 aliphatic carbocycles. The molecule has 1 aromatic carbocycles. The molecule has 1 atom stereocenters. The fourth-order valence-electron chi connectivity index (χ4n) is 2.15. The summed E-state index contributed by atoms with van der Waals surface area (Å²) >= 11 is 0. The minimum absolute atomic E-state index is 0.0692. The third-order valence-corrected chi connectivity index (χ3v) is 3.45. The van der Waals surface area contributed by atoms with Crippen LogP contribution in [0.1, 0.15) is 37.1 Å². The molecule has 0 saturated carbocycles. The van der Waals surface area contributed by atoms with Gasteiger partial charge in [-0.3, -0.25) is 14.6 Å². The highest BCUT2D eigenvalue weighted by atomic mass is 16.2. The minimum Gasteiger partial charge on any atom is -0.350 e. The van der Waals surface area contributed by atoms with E-state index in [2.05, 4.69) is 15.6 Å². The van der Waals surface area contributed by atoms with Gasteiger partial charge in [0, 0.05) is 19.0 Å². The minimum atomic E-state index is -0.154. The van der Waals surface area contributed by atoms with E-state index in [1.165, 1.54) is 0 Å². The summed E-state index contributed by atoms with van der Waals surface area (Å²) < 4.78 is 0. The number of rotatable bonds is 7. The van der Waals surface area contributed by atoms with Gasteiger partial charge in [0.05, 0.1) is 18.3 Å². The van der Waals surface area contributed by atoms with Gasteiger partial charge in [0.1, 0.15) is 0 Å². The van der Waals surface area contributed by atoms with Gasteiger partial charge in [0.15, 0.2) is 0 Å². The standard InChI is InChI=1S/C18H21N3O2/c1-14(15-7-3-2-4-8-15)21-18(23)11-10-17(22)20-13-16-9-5-6-12-19-16/h2-9,12,14H,10-11,13H2,1H3,(H,20,22)(H,21,23). The Morgan fingerprint density at radius 1 is 1.00 bits per heavy atom. The molecule has 2 aromatic rings. The molecule has 0 radical (unpaired) electrons. The summed E-state index contributed by atoms with van der Waals surface area (Å²) in [6, 6.07) is 15.2. The molecule has 5 heteroatoms. The number of carbonyl (C=O) groups is 2. The quantitative estimate of drug-likeness (QED) is 0.824. The molecule has 2 N–H and O–H groups in total. The molecule has 2 amide bonds. The second-order valence-corrected chi connectivity index (χ2v) is 5.30. The lowest BCUT2D eigenvalue weighted by molar-refractivity contribution is -0.126. The van der Waals surface area contributed by atoms with Crippen molar-refractivity contribution < 1.29 is 9.59 Å². The van der Waals surface area contributed by atoms with E-state index in [1.807, 2.05) is 55.5 Å². The van der Waals surface area contributed by atoms with Crippen LogP contribution in [0.4, 0.5) is 0 Å². The number of pyridine rings is 1. The Kier molecular flexibility index (Phi) is 6.29. The van der Waals surface area contributed by atoms with Gasteiger partial charge in [-0.15, -0.1) is 0 Å². The van der Waals surface area contributed by atoms with E-state index in [0.29, 0.717) is 6.54 Å². The van der Waals surface area contributed by atoms with Gasteiger partial charge in [0.25, 0.3) is 0 Å². The van der Waals surface area contributed by atoms with Crippen LogP contribution in [-0.2, 0) is 16.1 Å². The molecular weight excluding hydrogens is 290 g/mol. The highest BCUT2D eigenvalue weighted by Gasteiger charge is 2.11. The van der Waals surface area contributed by atoms with Crippen molar-refractivity contribution in [3.05, 3.63) is 66.0 Å². The van der Waals surface area contributed by atoms with Crippen LogP contribution in [0.3, 0.4) is 0 Å². The van der Waals surface area contributed by atoms with Gasteiger partial charge < -0.3 is 10.6 Å². The number of hydrogen-bond donors (Lipinski definition) is 2. The largest absolute Gasteiger partial charge is 0.350 e. The van der Waals surface area contributed by atoms with Crippen LogP contribution >= 0.6 is 0 Å². The lowest BCUT2D eigenvalue weighted by atomic mass is 10.1. The van der Waals surface area contributed by atoms with E-state index >= 15 is 0 Å². The Morgan fingerprint density at radius 3 is 2.39 bits per heavy atom. The zero-order valence-electron chi connectivity index (χ0n) is 13.2. The third kappa shape index (κ3) is 5.90. The zero-order valence-corrected chi connectivity index (χ0v) is 13.2. The van der Waals surface area contributed by atoms with Crippen LogP contribution in [0, 0.1) is 0 Å². The molecule has 1 heterocycles. The Bertz CT molecular complexity index is 629. The van der Waals surface area contributed by atoms with E-state index in [1.54, 1.807) is 6.20 Å². The van der Waals surface area contributed by atoms with Crippen LogP contribution in [-0.4, -0.2) is 16.8 Å². The summed E-state index contributed by atoms with van der Waals surface area (Å²) in [5.41, 5.74) is 1.84. The molecule has 0 aliphatic heterocycles. The summed E-state index contributed by atoms with van der Waals surface area (Å²) in [6.07, 6.45) is 2.02. The topological polar surface area (TPSA) is 71.1 Å². The van der Waals surface area contributed by atoms with Crippen molar-refractivity contribution in [2.45, 2.75) is 32.4 Å². The number of nitrogens with one attached hydrogen (secondary N) is 2. The summed E-state index contributed by atoms with van der Waals surface area (Å²) in [4.78, 5) is 27.8. The average Bonchev–Trinajstić information content (AvgIpc) is 2.60. The van der Waals surface area contributed by atoms with Gasteiger partial charge in [0.2, 0.25) is 11.8 Å². The summed E-state index contributed by atoms with van der Waals surface area (Å²) in [5.74, 6) is -0.285. The third-order valence-electron chi connectivity index (χ3n) is 3.45. The molecule has 0 saturated heterocycles. The van der Waals surface area contributed by atoms with E-state index in [-0.39, 0.29) is 30.7 Å². The molecule has 1 unspecified atom stereocenters. The van der Waals surface area contributed by atoms with Crippen molar-refractivity contribution in [3.63, 3.8) is 0 Å². The van der Waals surface area contributed by atoms with Crippen LogP contribution in [0.5, 0.6) is 0 Å². The first-order chi connectivity index (χ1) is 11.1. The van der Waals surface area contributed by atoms with Crippen molar-refractivity contribution >= 4 is 11.8 Å². The SMILES string of the molecule is CC(NC(=O)CCC(=O)NCc1ccccn1)c1ccccc1. The van der Waals surface area contributed by atoms with Crippen LogP contribution < -0.4 is 10.6 Å². The van der Waals surface area contributed by atoms with Crippen molar-refractivity contribution in [1.29, 1.82) is 0 Å². The van der Waals surface area contributed by atoms with E-state index < -0.39 is 0 Å². The predicted molar refractivity (Wildman–Crippen MR) is 88.3 cm³/mol. The molecule has 0 bridgehead atoms. The van der Waals surface area contributed by atoms with Crippen LogP contribution in [0.15, 0.2) is 54.7 Å². The Labute approximate surface area is 136 Å². The molecule has 23 heavy (non-hydrogen) atoms. The Morgan fingerprint density at radius 2 is 1.70 bits per heavy atom. The van der Waals surface area contributed by atoms with Gasteiger partial charge in [-0.25, -0.2) is 0 Å². The Hall–Kier alpha value is -2.69. The van der Waals surface area contributed by atoms with Gasteiger partial charge in [-0.2, -0.15) is 0 Å². The van der Waals surface area contributed by atoms with Crippen molar-refractivity contribution in [2.75, 3.05) is 0 Å². The number of nitrogens with zero attached hydrogens (tertiary/aromatic N) is 1. The van der Waals surface area contributed by atoms with E-state index in [9.17, 15) is 9.59 Å². The summed E-state index contributed by atoms with van der Waals surface area (Å²) in [5, 5.41) is 5.65. The predicted octanol–water partition coefficient (Wildman–Crippen LogP) is 2.36. The Balaban J connectivity index is 1.68. The zero-order chi connectivity index (χ0) is 16.5. The van der Waals surface area contributed by atoms with Gasteiger partial charge in [-0.1, -0.05) is 36.4 Å². The highest BCUT2D eigenvalue weighted by molar-refractivity contribution is 5.83. The lowest BCUT2D eigenvalue weighted by Gasteiger charge is -2.14. The molecule has 2 rings (SSSR count). The van der Waals surface area contributed by atoms with Crippen molar-refractivity contribution in [2.24, 2.45) is 0 Å². The van der Waals surface area contributed by atoms with Gasteiger partial charge in [-0.05, 0) is 24.6 Å². The maximum atomic E-state index is 11.9. The molecule has 0 aliphatic rings. The molecule has 1 aromatic heterocycles. The number of aromatic nitrogens is 1. The molecule has 0 fully saturated rings. The van der Waals surface area contributed by atoms with E-state index in [0.717, 1.165) is 11.3 Å². The van der Waals surface area contributed by atoms with Crippen LogP contribution in [0.2, 0.25) is 0 Å². The number of amides is 2. The van der Waals surface area contributed by atoms with Crippen molar-refractivity contribution in [3.8, 4) is 0 Å². The monoisotopic (exact) mass is 311 g/mol. The maximum Gasteiger partial charge on any atom is 0.220 e. The molecule has 5 nitrogen and oxygen atoms in total. The second kappa shape index (κ2) is 8.68. The number of hydrogen-bond acceptors (Lipinski definition) is 3. The first kappa shape index (κ1) is 16.7. The average molecular weight is 311 g/mol. The second-order valence-electron chi connectivity index (χ2n) is 5.30. The molecular formula is C18H21N3O2. The maximum absolute atomic E-state index is 11.9. The summed E-state index contributed by atoms with van der Waals surface area (Å²) in [7, 11) is 0.